The van der Waals surface area contributed by atoms with E-state index >= 15 is 4.39 Å². The zero-order chi connectivity index (χ0) is 37.4. The van der Waals surface area contributed by atoms with Gasteiger partial charge in [0.15, 0.2) is 28.8 Å². The van der Waals surface area contributed by atoms with Crippen molar-refractivity contribution in [3.05, 3.63) is 215 Å². The van der Waals surface area contributed by atoms with Crippen molar-refractivity contribution in [2.45, 2.75) is 26.4 Å². The highest BCUT2D eigenvalue weighted by atomic mass is 19.1. The topological polar surface area (TPSA) is 74.2 Å². The number of halogens is 1. The summed E-state index contributed by atoms with van der Waals surface area (Å²) in [6.45, 7) is 1.29. The molecule has 0 bridgehead atoms. The summed E-state index contributed by atoms with van der Waals surface area (Å²) >= 11 is 0. The molecule has 0 aliphatic heterocycles. The van der Waals surface area contributed by atoms with Crippen LogP contribution in [0.3, 0.4) is 0 Å². The molecule has 0 saturated heterocycles. The SMILES string of the molecule is O=C(/C=C/c1ccc(OCc2ccccc2)c(OCc2ccccc2)c1)C(F)=C(O)/C=C/c1ccc(OCc2ccccc2)c(OCc2ccccc2)c1. The van der Waals surface area contributed by atoms with E-state index in [4.69, 9.17) is 18.9 Å². The van der Waals surface area contributed by atoms with Gasteiger partial charge in [-0.15, -0.1) is 0 Å². The average molecular weight is 719 g/mol. The summed E-state index contributed by atoms with van der Waals surface area (Å²) in [5.74, 6) is -1.10. The number of carbonyl (C=O) groups is 1. The average Bonchev–Trinajstić information content (AvgIpc) is 3.23. The van der Waals surface area contributed by atoms with Crippen molar-refractivity contribution in [1.29, 1.82) is 0 Å². The molecule has 6 rings (SSSR count). The molecule has 6 aromatic rings. The second-order valence-corrected chi connectivity index (χ2v) is 12.2. The number of hydrogen-bond acceptors (Lipinski definition) is 6. The first-order valence-electron chi connectivity index (χ1n) is 17.4. The Bertz CT molecular complexity index is 2200. The number of aliphatic hydroxyl groups excluding tert-OH is 1. The first kappa shape index (κ1) is 36.9. The van der Waals surface area contributed by atoms with Crippen LogP contribution in [-0.2, 0) is 31.2 Å². The van der Waals surface area contributed by atoms with Crippen LogP contribution in [0.4, 0.5) is 4.39 Å². The predicted molar refractivity (Wildman–Crippen MR) is 210 cm³/mol. The van der Waals surface area contributed by atoms with E-state index in [-0.39, 0.29) is 0 Å². The minimum atomic E-state index is -1.30. The number of ketones is 1. The lowest BCUT2D eigenvalue weighted by Gasteiger charge is -2.14. The molecule has 7 heteroatoms. The number of rotatable bonds is 17. The van der Waals surface area contributed by atoms with Gasteiger partial charge in [-0.25, -0.2) is 0 Å². The van der Waals surface area contributed by atoms with Crippen molar-refractivity contribution in [3.63, 3.8) is 0 Å². The van der Waals surface area contributed by atoms with E-state index < -0.39 is 17.4 Å². The second-order valence-electron chi connectivity index (χ2n) is 12.2. The molecule has 0 spiro atoms. The highest BCUT2D eigenvalue weighted by Crippen LogP contribution is 2.32. The Morgan fingerprint density at radius 3 is 1.17 bits per heavy atom. The van der Waals surface area contributed by atoms with Crippen LogP contribution in [0, 0.1) is 0 Å². The third kappa shape index (κ3) is 11.1. The molecule has 6 nitrogen and oxygen atoms in total. The number of carbonyl (C=O) groups excluding carboxylic acids is 1. The Morgan fingerprint density at radius 2 is 0.796 bits per heavy atom. The molecule has 0 aliphatic carbocycles. The maximum atomic E-state index is 15.1. The maximum absolute atomic E-state index is 15.1. The minimum Gasteiger partial charge on any atom is -0.505 e. The van der Waals surface area contributed by atoms with Crippen molar-refractivity contribution in [2.24, 2.45) is 0 Å². The predicted octanol–water partition coefficient (Wildman–Crippen LogP) is 11.0. The molecule has 0 aliphatic rings. The molecule has 0 unspecified atom stereocenters. The lowest BCUT2D eigenvalue weighted by molar-refractivity contribution is -0.112. The zero-order valence-electron chi connectivity index (χ0n) is 29.5. The zero-order valence-corrected chi connectivity index (χ0v) is 29.5. The highest BCUT2D eigenvalue weighted by Gasteiger charge is 2.13. The molecular weight excluding hydrogens is 680 g/mol. The van der Waals surface area contributed by atoms with E-state index in [0.29, 0.717) is 60.6 Å². The summed E-state index contributed by atoms with van der Waals surface area (Å²) in [5.41, 5.74) is 5.14. The Kier molecular flexibility index (Phi) is 13.1. The van der Waals surface area contributed by atoms with Gasteiger partial charge in [0.1, 0.15) is 26.4 Å². The van der Waals surface area contributed by atoms with Crippen LogP contribution in [0.5, 0.6) is 23.0 Å². The molecule has 1 N–H and O–H groups in total. The van der Waals surface area contributed by atoms with Crippen LogP contribution in [0.2, 0.25) is 0 Å². The van der Waals surface area contributed by atoms with Crippen LogP contribution in [0.1, 0.15) is 33.4 Å². The number of aliphatic hydroxyl groups is 1. The van der Waals surface area contributed by atoms with Crippen LogP contribution >= 0.6 is 0 Å². The van der Waals surface area contributed by atoms with Crippen LogP contribution in [0.25, 0.3) is 12.2 Å². The molecule has 270 valence electrons. The summed E-state index contributed by atoms with van der Waals surface area (Å²) < 4.78 is 39.5. The van der Waals surface area contributed by atoms with Crippen molar-refractivity contribution in [3.8, 4) is 23.0 Å². The molecule has 0 aromatic heterocycles. The summed E-state index contributed by atoms with van der Waals surface area (Å²) in [6, 6.07) is 49.4. The minimum absolute atomic E-state index is 0.302. The van der Waals surface area contributed by atoms with E-state index in [2.05, 4.69) is 0 Å². The summed E-state index contributed by atoms with van der Waals surface area (Å²) in [6.07, 6.45) is 5.15. The Morgan fingerprint density at radius 1 is 0.463 bits per heavy atom. The lowest BCUT2D eigenvalue weighted by atomic mass is 10.1. The fourth-order valence-electron chi connectivity index (χ4n) is 5.28. The van der Waals surface area contributed by atoms with Gasteiger partial charge in [0.25, 0.3) is 0 Å². The highest BCUT2D eigenvalue weighted by molar-refractivity contribution is 6.05. The van der Waals surface area contributed by atoms with Gasteiger partial charge in [-0.05, 0) is 69.8 Å². The number of hydrogen-bond donors (Lipinski definition) is 1. The molecule has 0 saturated carbocycles. The molecule has 0 heterocycles. The van der Waals surface area contributed by atoms with Crippen LogP contribution in [-0.4, -0.2) is 10.9 Å². The monoisotopic (exact) mass is 718 g/mol. The smallest absolute Gasteiger partial charge is 0.218 e. The molecule has 54 heavy (non-hydrogen) atoms. The third-order valence-electron chi connectivity index (χ3n) is 8.19. The fourth-order valence-corrected chi connectivity index (χ4v) is 5.28. The Hall–Kier alpha value is -6.86. The van der Waals surface area contributed by atoms with Crippen LogP contribution in [0.15, 0.2) is 181 Å². The van der Waals surface area contributed by atoms with Gasteiger partial charge in [0.2, 0.25) is 11.6 Å². The summed E-state index contributed by atoms with van der Waals surface area (Å²) in [4.78, 5) is 12.8. The van der Waals surface area contributed by atoms with Crippen molar-refractivity contribution < 1.29 is 33.2 Å². The van der Waals surface area contributed by atoms with Gasteiger partial charge >= 0.3 is 0 Å². The Labute approximate surface area is 314 Å². The van der Waals surface area contributed by atoms with E-state index in [9.17, 15) is 9.90 Å². The molecule has 0 atom stereocenters. The summed E-state index contributed by atoms with van der Waals surface area (Å²) in [7, 11) is 0. The standard InChI is InChI=1S/C47H39FO6/c48-47(41(49)25-21-35-23-27-43(51-31-37-13-5-1-6-14-37)45(29-35)53-33-39-17-9-3-10-18-39)42(50)26-22-36-24-28-44(52-32-38-15-7-2-8-16-38)46(30-36)54-34-40-19-11-4-12-20-40/h1-30,49H,31-34H2/b25-21+,26-22+,47-41?. The van der Waals surface area contributed by atoms with Gasteiger partial charge in [-0.3, -0.25) is 4.79 Å². The normalized spacial score (nSPS) is 11.6. The summed E-state index contributed by atoms with van der Waals surface area (Å²) in [5, 5.41) is 10.5. The van der Waals surface area contributed by atoms with E-state index in [1.165, 1.54) is 12.2 Å². The number of benzene rings is 6. The maximum Gasteiger partial charge on any atom is 0.218 e. The third-order valence-corrected chi connectivity index (χ3v) is 8.19. The van der Waals surface area contributed by atoms with E-state index in [1.807, 2.05) is 121 Å². The number of ether oxygens (including phenoxy) is 4. The van der Waals surface area contributed by atoms with E-state index in [0.717, 1.165) is 34.4 Å². The van der Waals surface area contributed by atoms with Crippen molar-refractivity contribution >= 4 is 17.9 Å². The van der Waals surface area contributed by atoms with Crippen molar-refractivity contribution in [2.75, 3.05) is 0 Å². The molecular formula is C47H39FO6. The molecule has 6 aromatic carbocycles. The van der Waals surface area contributed by atoms with Gasteiger partial charge in [0, 0.05) is 0 Å². The lowest BCUT2D eigenvalue weighted by Crippen LogP contribution is -2.01. The first-order valence-corrected chi connectivity index (χ1v) is 17.4. The van der Waals surface area contributed by atoms with Gasteiger partial charge < -0.3 is 24.1 Å². The first-order chi connectivity index (χ1) is 26.5. The molecule has 0 amide bonds. The van der Waals surface area contributed by atoms with Gasteiger partial charge in [-0.2, -0.15) is 4.39 Å². The fraction of sp³-hybridized carbons (Fsp3) is 0.0851. The quantitative estimate of drug-likeness (QED) is 0.0575. The second kappa shape index (κ2) is 19.1. The molecule has 0 radical (unpaired) electrons. The van der Waals surface area contributed by atoms with Gasteiger partial charge in [0.05, 0.1) is 0 Å². The van der Waals surface area contributed by atoms with Gasteiger partial charge in [-0.1, -0.05) is 146 Å². The largest absolute Gasteiger partial charge is 0.505 e. The van der Waals surface area contributed by atoms with Crippen molar-refractivity contribution in [1.82, 2.24) is 0 Å². The molecule has 0 fully saturated rings. The number of allylic oxidation sites excluding steroid dienone is 3. The van der Waals surface area contributed by atoms with E-state index in [1.54, 1.807) is 36.4 Å². The Balaban J connectivity index is 1.14. The van der Waals surface area contributed by atoms with Crippen LogP contribution < -0.4 is 18.9 Å².